The summed E-state index contributed by atoms with van der Waals surface area (Å²) in [5.74, 6) is 0.125. The Morgan fingerprint density at radius 2 is 2.11 bits per heavy atom. The third kappa shape index (κ3) is 4.62. The van der Waals surface area contributed by atoms with Crippen LogP contribution in [0.15, 0.2) is 30.4 Å². The van der Waals surface area contributed by atoms with Gasteiger partial charge < -0.3 is 9.84 Å². The molecule has 18 heavy (non-hydrogen) atoms. The van der Waals surface area contributed by atoms with Crippen molar-refractivity contribution in [2.75, 3.05) is 6.61 Å². The Morgan fingerprint density at radius 3 is 2.67 bits per heavy atom. The van der Waals surface area contributed by atoms with E-state index in [1.165, 1.54) is 0 Å². The number of carbonyl (C=O) groups is 1. The summed E-state index contributed by atoms with van der Waals surface area (Å²) in [4.78, 5) is 11.2. The predicted molar refractivity (Wildman–Crippen MR) is 71.5 cm³/mol. The Labute approximate surface area is 108 Å². The molecule has 0 saturated heterocycles. The Balaban J connectivity index is 2.51. The van der Waals surface area contributed by atoms with Gasteiger partial charge in [-0.15, -0.1) is 0 Å². The number of carbonyl (C=O) groups excluding carboxylic acids is 1. The first-order chi connectivity index (χ1) is 8.38. The molecule has 1 rings (SSSR count). The SMILES string of the molecule is C=C(C)C(=O)OCC(C)Cc1cc(C)cc(O)c1. The summed E-state index contributed by atoms with van der Waals surface area (Å²) < 4.78 is 5.10. The molecule has 0 heterocycles. The van der Waals surface area contributed by atoms with Gasteiger partial charge in [0.15, 0.2) is 0 Å². The maximum Gasteiger partial charge on any atom is 0.333 e. The van der Waals surface area contributed by atoms with E-state index in [0.717, 1.165) is 17.5 Å². The molecule has 0 saturated carbocycles. The van der Waals surface area contributed by atoms with Crippen LogP contribution in [0.2, 0.25) is 0 Å². The molecule has 0 fully saturated rings. The minimum atomic E-state index is -0.353. The van der Waals surface area contributed by atoms with Gasteiger partial charge in [0, 0.05) is 5.57 Å². The zero-order chi connectivity index (χ0) is 13.7. The maximum atomic E-state index is 11.2. The van der Waals surface area contributed by atoms with Gasteiger partial charge in [-0.2, -0.15) is 0 Å². The van der Waals surface area contributed by atoms with Gasteiger partial charge in [0.2, 0.25) is 0 Å². The van der Waals surface area contributed by atoms with E-state index in [9.17, 15) is 9.90 Å². The monoisotopic (exact) mass is 248 g/mol. The van der Waals surface area contributed by atoms with Crippen molar-refractivity contribution in [1.29, 1.82) is 0 Å². The van der Waals surface area contributed by atoms with Crippen LogP contribution in [0, 0.1) is 12.8 Å². The van der Waals surface area contributed by atoms with Gasteiger partial charge in [0.25, 0.3) is 0 Å². The lowest BCUT2D eigenvalue weighted by molar-refractivity contribution is -0.140. The fraction of sp³-hybridized carbons (Fsp3) is 0.400. The molecule has 1 unspecified atom stereocenters. The summed E-state index contributed by atoms with van der Waals surface area (Å²) in [5, 5.41) is 9.50. The predicted octanol–water partition coefficient (Wildman–Crippen LogP) is 3.00. The summed E-state index contributed by atoms with van der Waals surface area (Å²) in [7, 11) is 0. The quantitative estimate of drug-likeness (QED) is 0.643. The molecule has 0 radical (unpaired) electrons. The fourth-order valence-corrected chi connectivity index (χ4v) is 1.76. The number of hydrogen-bond acceptors (Lipinski definition) is 3. The van der Waals surface area contributed by atoms with Crippen molar-refractivity contribution >= 4 is 5.97 Å². The summed E-state index contributed by atoms with van der Waals surface area (Å²) in [6.45, 7) is 9.47. The van der Waals surface area contributed by atoms with E-state index in [1.54, 1.807) is 19.1 Å². The number of phenols is 1. The van der Waals surface area contributed by atoms with E-state index in [4.69, 9.17) is 4.74 Å². The normalized spacial score (nSPS) is 11.9. The third-order valence-electron chi connectivity index (χ3n) is 2.55. The number of benzene rings is 1. The third-order valence-corrected chi connectivity index (χ3v) is 2.55. The van der Waals surface area contributed by atoms with Crippen LogP contribution >= 0.6 is 0 Å². The largest absolute Gasteiger partial charge is 0.508 e. The van der Waals surface area contributed by atoms with Crippen LogP contribution in [0.5, 0.6) is 5.75 Å². The van der Waals surface area contributed by atoms with Crippen LogP contribution in [-0.2, 0) is 16.0 Å². The van der Waals surface area contributed by atoms with E-state index in [2.05, 4.69) is 6.58 Å². The van der Waals surface area contributed by atoms with Crippen molar-refractivity contribution in [3.8, 4) is 5.75 Å². The van der Waals surface area contributed by atoms with Crippen molar-refractivity contribution in [1.82, 2.24) is 0 Å². The molecule has 98 valence electrons. The van der Waals surface area contributed by atoms with E-state index in [0.29, 0.717) is 12.2 Å². The van der Waals surface area contributed by atoms with Crippen molar-refractivity contribution in [2.24, 2.45) is 5.92 Å². The first-order valence-corrected chi connectivity index (χ1v) is 6.00. The molecule has 0 spiro atoms. The Bertz CT molecular complexity index is 429. The Hall–Kier alpha value is -1.77. The lowest BCUT2D eigenvalue weighted by Gasteiger charge is -2.13. The summed E-state index contributed by atoms with van der Waals surface area (Å²) >= 11 is 0. The van der Waals surface area contributed by atoms with Gasteiger partial charge in [-0.05, 0) is 49.4 Å². The number of esters is 1. The van der Waals surface area contributed by atoms with Gasteiger partial charge in [-0.1, -0.05) is 19.6 Å². The van der Waals surface area contributed by atoms with Crippen molar-refractivity contribution in [3.05, 3.63) is 41.5 Å². The minimum Gasteiger partial charge on any atom is -0.508 e. The topological polar surface area (TPSA) is 46.5 Å². The lowest BCUT2D eigenvalue weighted by atomic mass is 10.00. The van der Waals surface area contributed by atoms with Crippen LogP contribution in [0.25, 0.3) is 0 Å². The Morgan fingerprint density at radius 1 is 1.44 bits per heavy atom. The van der Waals surface area contributed by atoms with E-state index in [-0.39, 0.29) is 17.6 Å². The number of rotatable bonds is 5. The standard InChI is InChI=1S/C15H20O3/c1-10(2)15(17)18-9-12(4)6-13-5-11(3)7-14(16)8-13/h5,7-8,12,16H,1,6,9H2,2-4H3. The maximum absolute atomic E-state index is 11.2. The summed E-state index contributed by atoms with van der Waals surface area (Å²) in [5.41, 5.74) is 2.48. The van der Waals surface area contributed by atoms with Crippen molar-refractivity contribution in [3.63, 3.8) is 0 Å². The van der Waals surface area contributed by atoms with Crippen molar-refractivity contribution < 1.29 is 14.6 Å². The average Bonchev–Trinajstić information content (AvgIpc) is 2.24. The van der Waals surface area contributed by atoms with Gasteiger partial charge in [0.05, 0.1) is 6.61 Å². The zero-order valence-electron chi connectivity index (χ0n) is 11.2. The zero-order valence-corrected chi connectivity index (χ0v) is 11.2. The molecular formula is C15H20O3. The second kappa shape index (κ2) is 6.24. The Kier molecular flexibility index (Phi) is 4.95. The second-order valence-electron chi connectivity index (χ2n) is 4.86. The van der Waals surface area contributed by atoms with Crippen LogP contribution in [0.3, 0.4) is 0 Å². The van der Waals surface area contributed by atoms with Gasteiger partial charge in [-0.25, -0.2) is 4.79 Å². The molecule has 1 aromatic carbocycles. The minimum absolute atomic E-state index is 0.203. The van der Waals surface area contributed by atoms with Crippen LogP contribution in [0.4, 0.5) is 0 Å². The molecule has 0 aliphatic rings. The molecule has 1 N–H and O–H groups in total. The number of aryl methyl sites for hydroxylation is 1. The average molecular weight is 248 g/mol. The smallest absolute Gasteiger partial charge is 0.333 e. The molecule has 3 nitrogen and oxygen atoms in total. The summed E-state index contributed by atoms with van der Waals surface area (Å²) in [6, 6.07) is 5.48. The fourth-order valence-electron chi connectivity index (χ4n) is 1.76. The highest BCUT2D eigenvalue weighted by Gasteiger charge is 2.09. The van der Waals surface area contributed by atoms with Gasteiger partial charge in [-0.3, -0.25) is 0 Å². The number of phenolic OH excluding ortho intramolecular Hbond substituents is 1. The first kappa shape index (κ1) is 14.3. The number of hydrogen-bond donors (Lipinski definition) is 1. The molecule has 0 amide bonds. The van der Waals surface area contributed by atoms with Gasteiger partial charge in [0.1, 0.15) is 5.75 Å². The highest BCUT2D eigenvalue weighted by Crippen LogP contribution is 2.18. The molecule has 0 aliphatic heterocycles. The highest BCUT2D eigenvalue weighted by atomic mass is 16.5. The number of ether oxygens (including phenoxy) is 1. The van der Waals surface area contributed by atoms with Crippen molar-refractivity contribution in [2.45, 2.75) is 27.2 Å². The number of aromatic hydroxyl groups is 1. The molecule has 0 aromatic heterocycles. The van der Waals surface area contributed by atoms with E-state index < -0.39 is 0 Å². The van der Waals surface area contributed by atoms with Gasteiger partial charge >= 0.3 is 5.97 Å². The summed E-state index contributed by atoms with van der Waals surface area (Å²) in [6.07, 6.45) is 0.763. The van der Waals surface area contributed by atoms with E-state index in [1.807, 2.05) is 19.9 Å². The van der Waals surface area contributed by atoms with E-state index >= 15 is 0 Å². The molecule has 3 heteroatoms. The molecule has 0 aliphatic carbocycles. The molecular weight excluding hydrogens is 228 g/mol. The lowest BCUT2D eigenvalue weighted by Crippen LogP contribution is -2.14. The first-order valence-electron chi connectivity index (χ1n) is 6.00. The molecule has 0 bridgehead atoms. The molecule has 1 atom stereocenters. The van der Waals surface area contributed by atoms with Crippen LogP contribution in [0.1, 0.15) is 25.0 Å². The van der Waals surface area contributed by atoms with Crippen LogP contribution in [-0.4, -0.2) is 17.7 Å². The highest BCUT2D eigenvalue weighted by molar-refractivity contribution is 5.86. The molecule has 1 aromatic rings. The van der Waals surface area contributed by atoms with Crippen LogP contribution < -0.4 is 0 Å². The second-order valence-corrected chi connectivity index (χ2v) is 4.86.